The molecule has 1 fully saturated rings. The molecular weight excluding hydrogens is 361 g/mol. The topological polar surface area (TPSA) is 104 Å². The molecule has 9 heteroatoms. The summed E-state index contributed by atoms with van der Waals surface area (Å²) < 4.78 is 36.6. The maximum absolute atomic E-state index is 13.7. The van der Waals surface area contributed by atoms with Gasteiger partial charge in [0, 0.05) is 6.04 Å². The molecule has 2 rings (SSSR count). The molecule has 144 valence electrons. The minimum absolute atomic E-state index is 0.0374. The van der Waals surface area contributed by atoms with Crippen molar-refractivity contribution in [2.75, 3.05) is 16.8 Å². The van der Waals surface area contributed by atoms with Crippen LogP contribution in [0, 0.1) is 11.7 Å². The number of amides is 3. The lowest BCUT2D eigenvalue weighted by Crippen LogP contribution is -2.51. The summed E-state index contributed by atoms with van der Waals surface area (Å²) in [6.45, 7) is 3.79. The van der Waals surface area contributed by atoms with Gasteiger partial charge in [0.25, 0.3) is 0 Å². The summed E-state index contributed by atoms with van der Waals surface area (Å²) in [5.74, 6) is -1.04. The van der Waals surface area contributed by atoms with E-state index in [0.717, 1.165) is 0 Å². The van der Waals surface area contributed by atoms with Crippen LogP contribution in [0.4, 0.5) is 14.9 Å². The van der Waals surface area contributed by atoms with Crippen LogP contribution in [0.2, 0.25) is 0 Å². The zero-order chi connectivity index (χ0) is 19.3. The van der Waals surface area contributed by atoms with Gasteiger partial charge in [0.05, 0.1) is 17.2 Å². The first-order chi connectivity index (χ1) is 12.2. The summed E-state index contributed by atoms with van der Waals surface area (Å²) in [5.41, 5.74) is 0.0374. The molecule has 2 atom stereocenters. The SMILES string of the molecule is CC(C)C[C@H](NC(=O)N[C@H]1CCS(=O)(=O)C1)C(=O)Nc1ccccc1F. The van der Waals surface area contributed by atoms with Crippen LogP contribution in [-0.4, -0.2) is 43.9 Å². The highest BCUT2D eigenvalue weighted by atomic mass is 32.2. The van der Waals surface area contributed by atoms with Gasteiger partial charge in [-0.05, 0) is 30.9 Å². The lowest BCUT2D eigenvalue weighted by Gasteiger charge is -2.21. The van der Waals surface area contributed by atoms with Gasteiger partial charge in [-0.15, -0.1) is 0 Å². The van der Waals surface area contributed by atoms with E-state index in [0.29, 0.717) is 12.8 Å². The second-order valence-corrected chi connectivity index (χ2v) is 9.10. The lowest BCUT2D eigenvalue weighted by atomic mass is 10.0. The van der Waals surface area contributed by atoms with Crippen molar-refractivity contribution < 1.29 is 22.4 Å². The standard InChI is InChI=1S/C17H24FN3O4S/c1-11(2)9-15(16(22)20-14-6-4-3-5-13(14)18)21-17(23)19-12-7-8-26(24,25)10-12/h3-6,11-12,15H,7-10H2,1-2H3,(H,20,22)(H2,19,21,23)/t12-,15-/m0/s1. The number of urea groups is 1. The third-order valence-electron chi connectivity index (χ3n) is 4.03. The average Bonchev–Trinajstić information content (AvgIpc) is 2.87. The van der Waals surface area contributed by atoms with Crippen molar-refractivity contribution in [3.63, 3.8) is 0 Å². The van der Waals surface area contributed by atoms with Crippen molar-refractivity contribution in [3.05, 3.63) is 30.1 Å². The molecule has 1 aromatic rings. The summed E-state index contributed by atoms with van der Waals surface area (Å²) in [7, 11) is -3.11. The fourth-order valence-electron chi connectivity index (χ4n) is 2.78. The smallest absolute Gasteiger partial charge is 0.315 e. The van der Waals surface area contributed by atoms with Crippen LogP contribution < -0.4 is 16.0 Å². The molecule has 1 heterocycles. The van der Waals surface area contributed by atoms with Crippen LogP contribution >= 0.6 is 0 Å². The number of halogens is 1. The Morgan fingerprint density at radius 1 is 1.27 bits per heavy atom. The monoisotopic (exact) mass is 385 g/mol. The Kier molecular flexibility index (Phi) is 6.57. The van der Waals surface area contributed by atoms with Gasteiger partial charge in [0.15, 0.2) is 9.84 Å². The van der Waals surface area contributed by atoms with E-state index in [1.165, 1.54) is 18.2 Å². The third kappa shape index (κ3) is 5.98. The number of para-hydroxylation sites is 1. The Labute approximate surface area is 152 Å². The zero-order valence-corrected chi connectivity index (χ0v) is 15.6. The summed E-state index contributed by atoms with van der Waals surface area (Å²) >= 11 is 0. The summed E-state index contributed by atoms with van der Waals surface area (Å²) in [6.07, 6.45) is 0.711. The number of hydrogen-bond acceptors (Lipinski definition) is 4. The predicted molar refractivity (Wildman–Crippen MR) is 97.0 cm³/mol. The first-order valence-corrected chi connectivity index (χ1v) is 10.3. The number of rotatable bonds is 6. The molecular formula is C17H24FN3O4S. The van der Waals surface area contributed by atoms with E-state index in [2.05, 4.69) is 16.0 Å². The van der Waals surface area contributed by atoms with Crippen molar-refractivity contribution in [1.29, 1.82) is 0 Å². The van der Waals surface area contributed by atoms with Crippen molar-refractivity contribution in [2.24, 2.45) is 5.92 Å². The lowest BCUT2D eigenvalue weighted by molar-refractivity contribution is -0.118. The molecule has 1 saturated heterocycles. The van der Waals surface area contributed by atoms with Crippen LogP contribution in [0.25, 0.3) is 0 Å². The van der Waals surface area contributed by atoms with Gasteiger partial charge < -0.3 is 16.0 Å². The molecule has 0 bridgehead atoms. The quantitative estimate of drug-likeness (QED) is 0.693. The molecule has 1 aliphatic rings. The van der Waals surface area contributed by atoms with E-state index in [1.807, 2.05) is 13.8 Å². The van der Waals surface area contributed by atoms with Gasteiger partial charge in [-0.25, -0.2) is 17.6 Å². The normalized spacial score (nSPS) is 19.8. The molecule has 0 aliphatic carbocycles. The molecule has 3 N–H and O–H groups in total. The van der Waals surface area contributed by atoms with Crippen LogP contribution in [-0.2, 0) is 14.6 Å². The second kappa shape index (κ2) is 8.48. The van der Waals surface area contributed by atoms with Gasteiger partial charge in [0.1, 0.15) is 11.9 Å². The predicted octanol–water partition coefficient (Wildman–Crippen LogP) is 1.67. The number of carbonyl (C=O) groups is 2. The molecule has 1 aromatic carbocycles. The van der Waals surface area contributed by atoms with Gasteiger partial charge >= 0.3 is 6.03 Å². The average molecular weight is 385 g/mol. The molecule has 26 heavy (non-hydrogen) atoms. The molecule has 0 radical (unpaired) electrons. The van der Waals surface area contributed by atoms with Crippen LogP contribution in [0.1, 0.15) is 26.7 Å². The Bertz CT molecular complexity index is 767. The van der Waals surface area contributed by atoms with Gasteiger partial charge in [0.2, 0.25) is 5.91 Å². The highest BCUT2D eigenvalue weighted by Gasteiger charge is 2.30. The van der Waals surface area contributed by atoms with Crippen molar-refractivity contribution in [2.45, 2.75) is 38.8 Å². The summed E-state index contributed by atoms with van der Waals surface area (Å²) in [4.78, 5) is 24.6. The molecule has 0 unspecified atom stereocenters. The van der Waals surface area contributed by atoms with Crippen LogP contribution in [0.3, 0.4) is 0 Å². The summed E-state index contributed by atoms with van der Waals surface area (Å²) in [6, 6.07) is 3.83. The Morgan fingerprint density at radius 2 is 1.96 bits per heavy atom. The minimum atomic E-state index is -3.11. The van der Waals surface area contributed by atoms with Crippen molar-refractivity contribution >= 4 is 27.5 Å². The van der Waals surface area contributed by atoms with E-state index in [9.17, 15) is 22.4 Å². The fourth-order valence-corrected chi connectivity index (χ4v) is 4.45. The Morgan fingerprint density at radius 3 is 2.54 bits per heavy atom. The van der Waals surface area contributed by atoms with Crippen LogP contribution in [0.5, 0.6) is 0 Å². The van der Waals surface area contributed by atoms with E-state index < -0.39 is 39.7 Å². The van der Waals surface area contributed by atoms with E-state index >= 15 is 0 Å². The maximum Gasteiger partial charge on any atom is 0.315 e. The molecule has 1 aliphatic heterocycles. The van der Waals surface area contributed by atoms with Gasteiger partial charge in [-0.3, -0.25) is 4.79 Å². The Hall–Kier alpha value is -2.16. The first-order valence-electron chi connectivity index (χ1n) is 8.49. The molecule has 3 amide bonds. The van der Waals surface area contributed by atoms with Gasteiger partial charge in [-0.1, -0.05) is 26.0 Å². The zero-order valence-electron chi connectivity index (χ0n) is 14.8. The molecule has 0 saturated carbocycles. The Balaban J connectivity index is 1.98. The van der Waals surface area contributed by atoms with Gasteiger partial charge in [-0.2, -0.15) is 0 Å². The van der Waals surface area contributed by atoms with E-state index in [-0.39, 0.29) is 23.1 Å². The number of nitrogens with one attached hydrogen (secondary N) is 3. The largest absolute Gasteiger partial charge is 0.334 e. The molecule has 7 nitrogen and oxygen atoms in total. The molecule has 0 aromatic heterocycles. The fraction of sp³-hybridized carbons (Fsp3) is 0.529. The van der Waals surface area contributed by atoms with E-state index in [1.54, 1.807) is 6.07 Å². The maximum atomic E-state index is 13.7. The highest BCUT2D eigenvalue weighted by Crippen LogP contribution is 2.15. The number of hydrogen-bond donors (Lipinski definition) is 3. The van der Waals surface area contributed by atoms with Crippen molar-refractivity contribution in [3.8, 4) is 0 Å². The summed E-state index contributed by atoms with van der Waals surface area (Å²) in [5, 5.41) is 7.62. The van der Waals surface area contributed by atoms with E-state index in [4.69, 9.17) is 0 Å². The first kappa shape index (κ1) is 20.2. The number of sulfone groups is 1. The number of anilines is 1. The third-order valence-corrected chi connectivity index (χ3v) is 5.80. The number of benzene rings is 1. The molecule has 0 spiro atoms. The van der Waals surface area contributed by atoms with Crippen molar-refractivity contribution in [1.82, 2.24) is 10.6 Å². The highest BCUT2D eigenvalue weighted by molar-refractivity contribution is 7.91. The number of carbonyl (C=O) groups excluding carboxylic acids is 2. The van der Waals surface area contributed by atoms with Crippen LogP contribution in [0.15, 0.2) is 24.3 Å². The second-order valence-electron chi connectivity index (χ2n) is 6.87. The minimum Gasteiger partial charge on any atom is -0.334 e.